The van der Waals surface area contributed by atoms with Crippen molar-refractivity contribution in [1.82, 2.24) is 0 Å². The van der Waals surface area contributed by atoms with Crippen LogP contribution < -0.4 is 5.32 Å². The van der Waals surface area contributed by atoms with Gasteiger partial charge in [-0.3, -0.25) is 4.79 Å². The molecule has 0 atom stereocenters. The third-order valence-electron chi connectivity index (χ3n) is 2.72. The first-order valence-corrected chi connectivity index (χ1v) is 5.68. The Hall–Kier alpha value is -2.56. The molecule has 0 saturated carbocycles. The second kappa shape index (κ2) is 4.97. The Bertz CT molecular complexity index is 643. The summed E-state index contributed by atoms with van der Waals surface area (Å²) in [6, 6.07) is 6.47. The van der Waals surface area contributed by atoms with Crippen molar-refractivity contribution in [3.05, 3.63) is 53.0 Å². The largest absolute Gasteiger partial charge is 0.478 e. The number of aryl methyl sites for hydroxylation is 2. The van der Waals surface area contributed by atoms with Crippen molar-refractivity contribution in [2.45, 2.75) is 13.8 Å². The zero-order valence-electron chi connectivity index (χ0n) is 10.6. The van der Waals surface area contributed by atoms with E-state index in [0.29, 0.717) is 5.56 Å². The standard InChI is InChI=1S/C14H13NO4/c1-8-3-4-11(10(7-8)14(17)18)15-13(16)12-9(2)5-6-19-12/h3-7H,1-2H3,(H,15,16)(H,17,18). The average molecular weight is 259 g/mol. The number of nitrogens with one attached hydrogen (secondary N) is 1. The smallest absolute Gasteiger partial charge is 0.337 e. The second-order valence-electron chi connectivity index (χ2n) is 4.24. The molecular weight excluding hydrogens is 246 g/mol. The zero-order valence-corrected chi connectivity index (χ0v) is 10.6. The molecule has 2 N–H and O–H groups in total. The lowest BCUT2D eigenvalue weighted by Crippen LogP contribution is -2.15. The third kappa shape index (κ3) is 2.65. The predicted molar refractivity (Wildman–Crippen MR) is 69.5 cm³/mol. The fourth-order valence-electron chi connectivity index (χ4n) is 1.73. The molecule has 1 amide bonds. The van der Waals surface area contributed by atoms with Gasteiger partial charge in [0.1, 0.15) is 0 Å². The van der Waals surface area contributed by atoms with Gasteiger partial charge in [0, 0.05) is 5.56 Å². The number of benzene rings is 1. The monoisotopic (exact) mass is 259 g/mol. The maximum atomic E-state index is 12.0. The van der Waals surface area contributed by atoms with E-state index in [9.17, 15) is 9.59 Å². The van der Waals surface area contributed by atoms with E-state index in [2.05, 4.69) is 5.32 Å². The van der Waals surface area contributed by atoms with Crippen LogP contribution in [0, 0.1) is 13.8 Å². The molecule has 0 aliphatic heterocycles. The SMILES string of the molecule is Cc1ccc(NC(=O)c2occc2C)c(C(=O)O)c1. The molecule has 1 aromatic heterocycles. The highest BCUT2D eigenvalue weighted by Crippen LogP contribution is 2.19. The summed E-state index contributed by atoms with van der Waals surface area (Å²) in [5.74, 6) is -1.37. The first-order chi connectivity index (χ1) is 8.99. The summed E-state index contributed by atoms with van der Waals surface area (Å²) in [5, 5.41) is 11.7. The van der Waals surface area contributed by atoms with E-state index in [1.165, 1.54) is 12.3 Å². The summed E-state index contributed by atoms with van der Waals surface area (Å²) in [6.07, 6.45) is 1.41. The molecule has 0 unspecified atom stereocenters. The van der Waals surface area contributed by atoms with Gasteiger partial charge in [0.15, 0.2) is 5.76 Å². The second-order valence-corrected chi connectivity index (χ2v) is 4.24. The average Bonchev–Trinajstić information content (AvgIpc) is 2.77. The maximum absolute atomic E-state index is 12.0. The van der Waals surface area contributed by atoms with Crippen LogP contribution in [-0.4, -0.2) is 17.0 Å². The highest BCUT2D eigenvalue weighted by atomic mass is 16.4. The highest BCUT2D eigenvalue weighted by molar-refractivity contribution is 6.07. The fourth-order valence-corrected chi connectivity index (χ4v) is 1.73. The molecule has 0 fully saturated rings. The summed E-state index contributed by atoms with van der Waals surface area (Å²) in [5.41, 5.74) is 1.81. The lowest BCUT2D eigenvalue weighted by atomic mass is 10.1. The molecule has 0 aliphatic rings. The van der Waals surface area contributed by atoms with Gasteiger partial charge in [-0.1, -0.05) is 11.6 Å². The number of furan rings is 1. The van der Waals surface area contributed by atoms with E-state index >= 15 is 0 Å². The fraction of sp³-hybridized carbons (Fsp3) is 0.143. The molecule has 1 heterocycles. The Balaban J connectivity index is 2.32. The lowest BCUT2D eigenvalue weighted by Gasteiger charge is -2.08. The number of carbonyl (C=O) groups is 2. The molecule has 2 aromatic rings. The zero-order chi connectivity index (χ0) is 14.0. The van der Waals surface area contributed by atoms with Crippen molar-refractivity contribution >= 4 is 17.6 Å². The summed E-state index contributed by atoms with van der Waals surface area (Å²) in [4.78, 5) is 23.1. The van der Waals surface area contributed by atoms with Crippen LogP contribution in [0.1, 0.15) is 32.0 Å². The molecule has 5 heteroatoms. The van der Waals surface area contributed by atoms with E-state index in [1.807, 2.05) is 0 Å². The topological polar surface area (TPSA) is 79.5 Å². The van der Waals surface area contributed by atoms with Gasteiger partial charge in [0.05, 0.1) is 17.5 Å². The van der Waals surface area contributed by atoms with Crippen LogP contribution in [0.3, 0.4) is 0 Å². The molecule has 0 saturated heterocycles. The third-order valence-corrected chi connectivity index (χ3v) is 2.72. The van der Waals surface area contributed by atoms with Crippen LogP contribution >= 0.6 is 0 Å². The predicted octanol–water partition coefficient (Wildman–Crippen LogP) is 2.85. The number of amides is 1. The Labute approximate surface area is 109 Å². The van der Waals surface area contributed by atoms with Gasteiger partial charge in [-0.05, 0) is 32.0 Å². The summed E-state index contributed by atoms with van der Waals surface area (Å²) < 4.78 is 5.06. The summed E-state index contributed by atoms with van der Waals surface area (Å²) in [6.45, 7) is 3.53. The van der Waals surface area contributed by atoms with E-state index in [4.69, 9.17) is 9.52 Å². The van der Waals surface area contributed by atoms with Crippen molar-refractivity contribution in [3.8, 4) is 0 Å². The van der Waals surface area contributed by atoms with Gasteiger partial charge < -0.3 is 14.8 Å². The quantitative estimate of drug-likeness (QED) is 0.888. The first kappa shape index (κ1) is 12.9. The first-order valence-electron chi connectivity index (χ1n) is 5.68. The molecule has 0 radical (unpaired) electrons. The van der Waals surface area contributed by atoms with Crippen LogP contribution in [0.2, 0.25) is 0 Å². The van der Waals surface area contributed by atoms with Crippen LogP contribution in [-0.2, 0) is 0 Å². The number of carboxylic acid groups (broad SMARTS) is 1. The number of rotatable bonds is 3. The van der Waals surface area contributed by atoms with Crippen LogP contribution in [0.25, 0.3) is 0 Å². The number of carbonyl (C=O) groups excluding carboxylic acids is 1. The minimum Gasteiger partial charge on any atom is -0.478 e. The Morgan fingerprint density at radius 2 is 1.95 bits per heavy atom. The van der Waals surface area contributed by atoms with Crippen LogP contribution in [0.15, 0.2) is 34.9 Å². The van der Waals surface area contributed by atoms with Gasteiger partial charge >= 0.3 is 5.97 Å². The molecule has 0 bridgehead atoms. The van der Waals surface area contributed by atoms with Crippen molar-refractivity contribution in [1.29, 1.82) is 0 Å². The molecule has 0 spiro atoms. The van der Waals surface area contributed by atoms with Crippen molar-refractivity contribution < 1.29 is 19.1 Å². The van der Waals surface area contributed by atoms with Gasteiger partial charge in [0.2, 0.25) is 0 Å². The van der Waals surface area contributed by atoms with Crippen molar-refractivity contribution in [2.75, 3.05) is 5.32 Å². The summed E-state index contributed by atoms with van der Waals surface area (Å²) >= 11 is 0. The Morgan fingerprint density at radius 1 is 1.21 bits per heavy atom. The molecule has 19 heavy (non-hydrogen) atoms. The van der Waals surface area contributed by atoms with E-state index in [0.717, 1.165) is 5.56 Å². The van der Waals surface area contributed by atoms with Crippen molar-refractivity contribution in [3.63, 3.8) is 0 Å². The van der Waals surface area contributed by atoms with Gasteiger partial charge in [-0.25, -0.2) is 4.79 Å². The normalized spacial score (nSPS) is 10.2. The number of anilines is 1. The Kier molecular flexibility index (Phi) is 3.37. The minimum atomic E-state index is -1.09. The van der Waals surface area contributed by atoms with Crippen LogP contribution in [0.4, 0.5) is 5.69 Å². The molecule has 0 aliphatic carbocycles. The minimum absolute atomic E-state index is 0.0533. The molecular formula is C14H13NO4. The van der Waals surface area contributed by atoms with Gasteiger partial charge in [-0.2, -0.15) is 0 Å². The number of carboxylic acids is 1. The lowest BCUT2D eigenvalue weighted by molar-refractivity contribution is 0.0698. The van der Waals surface area contributed by atoms with E-state index in [-0.39, 0.29) is 17.0 Å². The van der Waals surface area contributed by atoms with E-state index < -0.39 is 11.9 Å². The summed E-state index contributed by atoms with van der Waals surface area (Å²) in [7, 11) is 0. The van der Waals surface area contributed by atoms with E-state index in [1.54, 1.807) is 32.0 Å². The van der Waals surface area contributed by atoms with Gasteiger partial charge in [-0.15, -0.1) is 0 Å². The van der Waals surface area contributed by atoms with Crippen LogP contribution in [0.5, 0.6) is 0 Å². The highest BCUT2D eigenvalue weighted by Gasteiger charge is 2.16. The van der Waals surface area contributed by atoms with Gasteiger partial charge in [0.25, 0.3) is 5.91 Å². The maximum Gasteiger partial charge on any atom is 0.337 e. The Morgan fingerprint density at radius 3 is 2.53 bits per heavy atom. The number of hydrogen-bond donors (Lipinski definition) is 2. The molecule has 5 nitrogen and oxygen atoms in total. The van der Waals surface area contributed by atoms with Crippen molar-refractivity contribution in [2.24, 2.45) is 0 Å². The number of aromatic carboxylic acids is 1. The molecule has 98 valence electrons. The number of hydrogen-bond acceptors (Lipinski definition) is 3. The molecule has 2 rings (SSSR count). The molecule has 1 aromatic carbocycles.